The molecule has 1 aromatic heterocycles. The van der Waals surface area contributed by atoms with Crippen molar-refractivity contribution in [2.45, 2.75) is 31.6 Å². The smallest absolute Gasteiger partial charge is 0.131 e. The lowest BCUT2D eigenvalue weighted by Crippen LogP contribution is -2.24. The number of aromatic nitrogens is 2. The van der Waals surface area contributed by atoms with Crippen LogP contribution in [-0.2, 0) is 13.5 Å². The van der Waals surface area contributed by atoms with Crippen LogP contribution in [0.15, 0.2) is 18.2 Å². The van der Waals surface area contributed by atoms with Crippen molar-refractivity contribution in [3.63, 3.8) is 0 Å². The molecule has 0 spiro atoms. The molecule has 0 atom stereocenters. The van der Waals surface area contributed by atoms with E-state index < -0.39 is 0 Å². The van der Waals surface area contributed by atoms with Gasteiger partial charge >= 0.3 is 0 Å². The van der Waals surface area contributed by atoms with Gasteiger partial charge in [-0.1, -0.05) is 6.07 Å². The molecule has 0 amide bonds. The lowest BCUT2D eigenvalue weighted by atomic mass is 9.98. The van der Waals surface area contributed by atoms with Gasteiger partial charge in [0.1, 0.15) is 17.3 Å². The molecule has 110 valence electrons. The molecule has 2 N–H and O–H groups in total. The molecule has 4 rings (SSSR count). The average molecular weight is 282 g/mol. The first kappa shape index (κ1) is 12.7. The topological polar surface area (TPSA) is 47.1 Å². The van der Waals surface area contributed by atoms with Gasteiger partial charge in [-0.3, -0.25) is 0 Å². The molecule has 0 unspecified atom stereocenters. The molecular weight excluding hydrogens is 260 g/mol. The quantitative estimate of drug-likeness (QED) is 0.921. The van der Waals surface area contributed by atoms with Crippen molar-refractivity contribution in [3.8, 4) is 11.3 Å². The van der Waals surface area contributed by atoms with E-state index in [9.17, 15) is 0 Å². The van der Waals surface area contributed by atoms with Crippen molar-refractivity contribution in [1.29, 1.82) is 0 Å². The Bertz CT molecular complexity index is 697. The highest BCUT2D eigenvalue weighted by atomic mass is 15.1. The summed E-state index contributed by atoms with van der Waals surface area (Å²) in [5, 5.41) is 0. The van der Waals surface area contributed by atoms with Crippen molar-refractivity contribution >= 4 is 11.5 Å². The highest BCUT2D eigenvalue weighted by Gasteiger charge is 2.30. The van der Waals surface area contributed by atoms with Gasteiger partial charge in [0, 0.05) is 37.8 Å². The number of nitrogens with two attached hydrogens (primary N) is 1. The summed E-state index contributed by atoms with van der Waals surface area (Å²) in [6, 6.07) is 6.66. The normalized spacial score (nSPS) is 17.9. The van der Waals surface area contributed by atoms with E-state index in [1.165, 1.54) is 30.5 Å². The fourth-order valence-corrected chi connectivity index (χ4v) is 3.38. The van der Waals surface area contributed by atoms with Crippen LogP contribution in [-0.4, -0.2) is 23.1 Å². The Morgan fingerprint density at radius 1 is 1.24 bits per heavy atom. The standard InChI is InChI=1S/C17H22N4/c1-20-9-3-4-12-10-13(7-8-14(12)20)15-16(18)21(2)17(19-15)11-5-6-11/h7-8,10-11H,3-6,9,18H2,1-2H3. The zero-order valence-electron chi connectivity index (χ0n) is 12.8. The predicted molar refractivity (Wildman–Crippen MR) is 86.6 cm³/mol. The molecule has 2 aliphatic rings. The molecule has 1 aliphatic heterocycles. The summed E-state index contributed by atoms with van der Waals surface area (Å²) in [5.41, 5.74) is 11.2. The number of nitrogen functional groups attached to an aromatic ring is 1. The van der Waals surface area contributed by atoms with Gasteiger partial charge < -0.3 is 15.2 Å². The van der Waals surface area contributed by atoms with Gasteiger partial charge in [0.15, 0.2) is 0 Å². The van der Waals surface area contributed by atoms with Gasteiger partial charge in [0.25, 0.3) is 0 Å². The Hall–Kier alpha value is -1.97. The summed E-state index contributed by atoms with van der Waals surface area (Å²) >= 11 is 0. The highest BCUT2D eigenvalue weighted by Crippen LogP contribution is 2.42. The Morgan fingerprint density at radius 2 is 2.05 bits per heavy atom. The zero-order chi connectivity index (χ0) is 14.6. The summed E-state index contributed by atoms with van der Waals surface area (Å²) in [4.78, 5) is 7.17. The van der Waals surface area contributed by atoms with Crippen LogP contribution in [0.1, 0.15) is 36.6 Å². The second kappa shape index (κ2) is 4.52. The average Bonchev–Trinajstić information content (AvgIpc) is 3.27. The molecule has 1 saturated carbocycles. The molecule has 1 aromatic carbocycles. The van der Waals surface area contributed by atoms with Gasteiger partial charge in [-0.2, -0.15) is 0 Å². The Labute approximate surface area is 125 Å². The van der Waals surface area contributed by atoms with Gasteiger partial charge in [0.2, 0.25) is 0 Å². The number of nitrogens with zero attached hydrogens (tertiary/aromatic N) is 3. The summed E-state index contributed by atoms with van der Waals surface area (Å²) in [7, 11) is 4.20. The molecular formula is C17H22N4. The molecule has 0 radical (unpaired) electrons. The van der Waals surface area contributed by atoms with E-state index in [1.807, 2.05) is 7.05 Å². The number of rotatable bonds is 2. The van der Waals surface area contributed by atoms with Crippen LogP contribution in [0.3, 0.4) is 0 Å². The van der Waals surface area contributed by atoms with Crippen LogP contribution in [0.4, 0.5) is 11.5 Å². The van der Waals surface area contributed by atoms with Gasteiger partial charge in [-0.15, -0.1) is 0 Å². The van der Waals surface area contributed by atoms with Gasteiger partial charge in [0.05, 0.1) is 0 Å². The third-order valence-electron chi connectivity index (χ3n) is 4.82. The number of anilines is 2. The fraction of sp³-hybridized carbons (Fsp3) is 0.471. The van der Waals surface area contributed by atoms with Crippen molar-refractivity contribution in [2.75, 3.05) is 24.2 Å². The maximum absolute atomic E-state index is 6.29. The number of aryl methyl sites for hydroxylation is 1. The summed E-state index contributed by atoms with van der Waals surface area (Å²) in [6.45, 7) is 1.14. The first-order valence-corrected chi connectivity index (χ1v) is 7.81. The molecule has 21 heavy (non-hydrogen) atoms. The summed E-state index contributed by atoms with van der Waals surface area (Å²) < 4.78 is 2.07. The molecule has 1 aliphatic carbocycles. The monoisotopic (exact) mass is 282 g/mol. The van der Waals surface area contributed by atoms with E-state index in [2.05, 4.69) is 34.7 Å². The minimum Gasteiger partial charge on any atom is -0.383 e. The lowest BCUT2D eigenvalue weighted by molar-refractivity contribution is 0.745. The van der Waals surface area contributed by atoms with Crippen molar-refractivity contribution in [2.24, 2.45) is 7.05 Å². The Morgan fingerprint density at radius 3 is 2.81 bits per heavy atom. The van der Waals surface area contributed by atoms with Crippen LogP contribution in [0.25, 0.3) is 11.3 Å². The van der Waals surface area contributed by atoms with E-state index in [0.717, 1.165) is 35.9 Å². The molecule has 1 fully saturated rings. The minimum atomic E-state index is 0.620. The second-order valence-electron chi connectivity index (χ2n) is 6.41. The SMILES string of the molecule is CN1CCCc2cc(-c3nc(C4CC4)n(C)c3N)ccc21. The van der Waals surface area contributed by atoms with Crippen molar-refractivity contribution in [1.82, 2.24) is 9.55 Å². The van der Waals surface area contributed by atoms with Crippen molar-refractivity contribution < 1.29 is 0 Å². The molecule has 4 nitrogen and oxygen atoms in total. The summed E-state index contributed by atoms with van der Waals surface area (Å²) in [6.07, 6.45) is 4.87. The molecule has 4 heteroatoms. The highest BCUT2D eigenvalue weighted by molar-refractivity contribution is 5.74. The van der Waals surface area contributed by atoms with E-state index in [4.69, 9.17) is 10.7 Å². The van der Waals surface area contributed by atoms with Crippen LogP contribution in [0.2, 0.25) is 0 Å². The van der Waals surface area contributed by atoms with Crippen molar-refractivity contribution in [3.05, 3.63) is 29.6 Å². The van der Waals surface area contributed by atoms with Crippen LogP contribution < -0.4 is 10.6 Å². The fourth-order valence-electron chi connectivity index (χ4n) is 3.38. The van der Waals surface area contributed by atoms with E-state index in [1.54, 1.807) is 0 Å². The number of benzene rings is 1. The number of hydrogen-bond acceptors (Lipinski definition) is 3. The van der Waals surface area contributed by atoms with E-state index in [-0.39, 0.29) is 0 Å². The molecule has 2 aromatic rings. The molecule has 0 bridgehead atoms. The number of fused-ring (bicyclic) bond motifs is 1. The van der Waals surface area contributed by atoms with E-state index in [0.29, 0.717) is 5.92 Å². The third-order valence-corrected chi connectivity index (χ3v) is 4.82. The van der Waals surface area contributed by atoms with Gasteiger partial charge in [-0.25, -0.2) is 4.98 Å². The Kier molecular flexibility index (Phi) is 2.74. The second-order valence-corrected chi connectivity index (χ2v) is 6.41. The molecule has 2 heterocycles. The minimum absolute atomic E-state index is 0.620. The number of imidazole rings is 1. The Balaban J connectivity index is 1.78. The predicted octanol–water partition coefficient (Wildman–Crippen LogP) is 2.93. The van der Waals surface area contributed by atoms with Crippen LogP contribution in [0, 0.1) is 0 Å². The van der Waals surface area contributed by atoms with Gasteiger partial charge in [-0.05, 0) is 43.4 Å². The zero-order valence-corrected chi connectivity index (χ0v) is 12.8. The first-order valence-electron chi connectivity index (χ1n) is 7.81. The summed E-state index contributed by atoms with van der Waals surface area (Å²) in [5.74, 6) is 2.56. The lowest BCUT2D eigenvalue weighted by Gasteiger charge is -2.27. The van der Waals surface area contributed by atoms with Crippen LogP contribution in [0.5, 0.6) is 0 Å². The molecule has 0 saturated heterocycles. The number of hydrogen-bond donors (Lipinski definition) is 1. The maximum atomic E-state index is 6.29. The largest absolute Gasteiger partial charge is 0.383 e. The van der Waals surface area contributed by atoms with Crippen LogP contribution >= 0.6 is 0 Å². The first-order chi connectivity index (χ1) is 10.1. The maximum Gasteiger partial charge on any atom is 0.131 e. The van der Waals surface area contributed by atoms with E-state index >= 15 is 0 Å². The third kappa shape index (κ3) is 2.01.